The first kappa shape index (κ1) is 23.3. The molecule has 4 aromatic rings. The van der Waals surface area contributed by atoms with Crippen LogP contribution in [0.3, 0.4) is 0 Å². The minimum atomic E-state index is 0.831. The second-order valence-electron chi connectivity index (χ2n) is 10.0. The summed E-state index contributed by atoms with van der Waals surface area (Å²) in [5, 5.41) is 6.24. The maximum atomic E-state index is 4.88. The lowest BCUT2D eigenvalue weighted by Gasteiger charge is -2.28. The SMILES string of the molecule is CN(C)c1nc(CCCC2CCC(CNCc3cc4ccccc4s3)CC2)nc2ccccc12. The minimum Gasteiger partial charge on any atom is -0.362 e. The van der Waals surface area contributed by atoms with Crippen molar-refractivity contribution in [1.82, 2.24) is 15.3 Å². The van der Waals surface area contributed by atoms with Crippen LogP contribution in [0.2, 0.25) is 0 Å². The number of hydrogen-bond acceptors (Lipinski definition) is 5. The highest BCUT2D eigenvalue weighted by Crippen LogP contribution is 2.32. The fraction of sp³-hybridized carbons (Fsp3) is 0.448. The van der Waals surface area contributed by atoms with E-state index in [-0.39, 0.29) is 0 Å². The van der Waals surface area contributed by atoms with Gasteiger partial charge in [-0.3, -0.25) is 0 Å². The van der Waals surface area contributed by atoms with Gasteiger partial charge in [0.15, 0.2) is 0 Å². The first-order chi connectivity index (χ1) is 16.7. The van der Waals surface area contributed by atoms with Crippen molar-refractivity contribution in [2.75, 3.05) is 25.5 Å². The van der Waals surface area contributed by atoms with Crippen LogP contribution in [-0.2, 0) is 13.0 Å². The number of benzene rings is 2. The number of aromatic nitrogens is 2. The Hall–Kier alpha value is -2.50. The first-order valence-electron chi connectivity index (χ1n) is 12.8. The zero-order valence-corrected chi connectivity index (χ0v) is 21.3. The largest absolute Gasteiger partial charge is 0.362 e. The lowest BCUT2D eigenvalue weighted by Crippen LogP contribution is -2.26. The molecule has 5 rings (SSSR count). The molecular formula is C29H36N4S. The van der Waals surface area contributed by atoms with Gasteiger partial charge in [-0.15, -0.1) is 11.3 Å². The molecule has 0 spiro atoms. The molecule has 178 valence electrons. The number of para-hydroxylation sites is 1. The summed E-state index contributed by atoms with van der Waals surface area (Å²) in [6, 6.07) is 19.4. The van der Waals surface area contributed by atoms with Crippen molar-refractivity contribution in [3.8, 4) is 0 Å². The lowest BCUT2D eigenvalue weighted by molar-refractivity contribution is 0.254. The number of aryl methyl sites for hydroxylation is 1. The van der Waals surface area contributed by atoms with E-state index in [4.69, 9.17) is 9.97 Å². The van der Waals surface area contributed by atoms with E-state index < -0.39 is 0 Å². The molecule has 0 amide bonds. The van der Waals surface area contributed by atoms with E-state index in [0.29, 0.717) is 0 Å². The monoisotopic (exact) mass is 472 g/mol. The van der Waals surface area contributed by atoms with E-state index in [2.05, 4.69) is 78.9 Å². The van der Waals surface area contributed by atoms with Gasteiger partial charge in [0, 0.05) is 42.0 Å². The number of fused-ring (bicyclic) bond motifs is 2. The fourth-order valence-electron chi connectivity index (χ4n) is 5.36. The molecule has 1 saturated carbocycles. The number of rotatable bonds is 9. The molecule has 34 heavy (non-hydrogen) atoms. The van der Waals surface area contributed by atoms with Crippen LogP contribution in [0, 0.1) is 11.8 Å². The average Bonchev–Trinajstić information content (AvgIpc) is 3.27. The van der Waals surface area contributed by atoms with Crippen LogP contribution in [0.4, 0.5) is 5.82 Å². The molecular weight excluding hydrogens is 436 g/mol. The Bertz CT molecular complexity index is 1190. The highest BCUT2D eigenvalue weighted by atomic mass is 32.1. The lowest BCUT2D eigenvalue weighted by atomic mass is 9.80. The van der Waals surface area contributed by atoms with E-state index in [1.165, 1.54) is 53.5 Å². The molecule has 0 radical (unpaired) electrons. The number of nitrogens with one attached hydrogen (secondary N) is 1. The third-order valence-electron chi connectivity index (χ3n) is 7.24. The summed E-state index contributed by atoms with van der Waals surface area (Å²) in [7, 11) is 4.13. The van der Waals surface area contributed by atoms with Crippen LogP contribution in [0.1, 0.15) is 49.2 Å². The van der Waals surface area contributed by atoms with Crippen molar-refractivity contribution in [2.24, 2.45) is 11.8 Å². The Labute approximate surface area is 207 Å². The van der Waals surface area contributed by atoms with Gasteiger partial charge in [-0.1, -0.05) is 49.6 Å². The molecule has 0 saturated heterocycles. The van der Waals surface area contributed by atoms with Crippen molar-refractivity contribution in [3.63, 3.8) is 0 Å². The van der Waals surface area contributed by atoms with Gasteiger partial charge in [-0.25, -0.2) is 9.97 Å². The molecule has 1 aliphatic rings. The van der Waals surface area contributed by atoms with Crippen molar-refractivity contribution in [1.29, 1.82) is 0 Å². The number of nitrogens with zero attached hydrogens (tertiary/aromatic N) is 3. The topological polar surface area (TPSA) is 41.1 Å². The zero-order chi connectivity index (χ0) is 23.3. The Kier molecular flexibility index (Phi) is 7.41. The van der Waals surface area contributed by atoms with E-state index >= 15 is 0 Å². The van der Waals surface area contributed by atoms with E-state index in [1.54, 1.807) is 0 Å². The molecule has 0 aliphatic heterocycles. The number of thiophene rings is 1. The highest BCUT2D eigenvalue weighted by molar-refractivity contribution is 7.19. The van der Waals surface area contributed by atoms with Gasteiger partial charge in [0.1, 0.15) is 11.6 Å². The smallest absolute Gasteiger partial charge is 0.139 e. The van der Waals surface area contributed by atoms with Crippen LogP contribution in [0.25, 0.3) is 21.0 Å². The molecule has 1 aliphatic carbocycles. The van der Waals surface area contributed by atoms with Gasteiger partial charge in [0.05, 0.1) is 5.52 Å². The van der Waals surface area contributed by atoms with E-state index in [0.717, 1.165) is 53.9 Å². The summed E-state index contributed by atoms with van der Waals surface area (Å²) < 4.78 is 1.40. The average molecular weight is 473 g/mol. The van der Waals surface area contributed by atoms with Crippen LogP contribution < -0.4 is 10.2 Å². The second kappa shape index (κ2) is 10.8. The molecule has 0 bridgehead atoms. The summed E-state index contributed by atoms with van der Waals surface area (Å²) in [6.45, 7) is 2.15. The molecule has 2 heterocycles. The van der Waals surface area contributed by atoms with Crippen molar-refractivity contribution in [2.45, 2.75) is 51.5 Å². The van der Waals surface area contributed by atoms with Crippen LogP contribution in [0.5, 0.6) is 0 Å². The van der Waals surface area contributed by atoms with E-state index in [9.17, 15) is 0 Å². The second-order valence-corrected chi connectivity index (χ2v) is 11.2. The summed E-state index contributed by atoms with van der Waals surface area (Å²) in [5.74, 6) is 3.72. The third-order valence-corrected chi connectivity index (χ3v) is 8.36. The quantitative estimate of drug-likeness (QED) is 0.290. The maximum Gasteiger partial charge on any atom is 0.139 e. The molecule has 0 atom stereocenters. The van der Waals surface area contributed by atoms with Crippen LogP contribution >= 0.6 is 11.3 Å². The standard InChI is InChI=1S/C29H36N4S/c1-33(2)29-25-10-4-5-11-26(25)31-28(32-29)13-7-8-21-14-16-22(17-15-21)19-30-20-24-18-23-9-3-6-12-27(23)34-24/h3-6,9-12,18,21-22,30H,7-8,13-17,19-20H2,1-2H3. The Morgan fingerprint density at radius 2 is 1.71 bits per heavy atom. The predicted molar refractivity (Wildman–Crippen MR) is 146 cm³/mol. The van der Waals surface area contributed by atoms with Gasteiger partial charge in [0.25, 0.3) is 0 Å². The molecule has 0 unspecified atom stereocenters. The normalized spacial score (nSPS) is 18.5. The van der Waals surface area contributed by atoms with E-state index in [1.807, 2.05) is 11.3 Å². The molecule has 4 nitrogen and oxygen atoms in total. The van der Waals surface area contributed by atoms with Gasteiger partial charge in [0.2, 0.25) is 0 Å². The molecule has 5 heteroatoms. The van der Waals surface area contributed by atoms with Gasteiger partial charge >= 0.3 is 0 Å². The summed E-state index contributed by atoms with van der Waals surface area (Å²) in [6.07, 6.45) is 8.93. The summed E-state index contributed by atoms with van der Waals surface area (Å²) in [5.41, 5.74) is 1.06. The predicted octanol–water partition coefficient (Wildman–Crippen LogP) is 6.83. The molecule has 1 N–H and O–H groups in total. The first-order valence-corrected chi connectivity index (χ1v) is 13.6. The number of hydrogen-bond donors (Lipinski definition) is 1. The fourth-order valence-corrected chi connectivity index (χ4v) is 6.39. The highest BCUT2D eigenvalue weighted by Gasteiger charge is 2.21. The van der Waals surface area contributed by atoms with Crippen LogP contribution in [0.15, 0.2) is 54.6 Å². The summed E-state index contributed by atoms with van der Waals surface area (Å²) in [4.78, 5) is 13.3. The van der Waals surface area contributed by atoms with Crippen LogP contribution in [-0.4, -0.2) is 30.6 Å². The molecule has 2 aromatic carbocycles. The Morgan fingerprint density at radius 1 is 0.941 bits per heavy atom. The molecule has 2 aromatic heterocycles. The van der Waals surface area contributed by atoms with Gasteiger partial charge in [-0.05, 0) is 67.3 Å². The minimum absolute atomic E-state index is 0.831. The Balaban J connectivity index is 1.04. The van der Waals surface area contributed by atoms with Gasteiger partial charge < -0.3 is 10.2 Å². The van der Waals surface area contributed by atoms with Crippen molar-refractivity contribution < 1.29 is 0 Å². The maximum absolute atomic E-state index is 4.88. The Morgan fingerprint density at radius 3 is 2.53 bits per heavy atom. The number of anilines is 1. The molecule has 1 fully saturated rings. The van der Waals surface area contributed by atoms with Crippen molar-refractivity contribution >= 4 is 38.1 Å². The summed E-state index contributed by atoms with van der Waals surface area (Å²) >= 11 is 1.92. The third kappa shape index (κ3) is 5.59. The van der Waals surface area contributed by atoms with Crippen molar-refractivity contribution in [3.05, 3.63) is 65.3 Å². The zero-order valence-electron chi connectivity index (χ0n) is 20.5. The van der Waals surface area contributed by atoms with Gasteiger partial charge in [-0.2, -0.15) is 0 Å².